The predicted molar refractivity (Wildman–Crippen MR) is 59.1 cm³/mol. The third-order valence-corrected chi connectivity index (χ3v) is 2.80. The molecule has 90 valence electrons. The van der Waals surface area contributed by atoms with Crippen LogP contribution in [0.1, 0.15) is 44.4 Å². The van der Waals surface area contributed by atoms with Crippen LogP contribution in [0.15, 0.2) is 4.52 Å². The highest BCUT2D eigenvalue weighted by Crippen LogP contribution is 2.17. The highest BCUT2D eigenvalue weighted by atomic mass is 16.5. The average molecular weight is 225 g/mol. The van der Waals surface area contributed by atoms with Gasteiger partial charge in [0.15, 0.2) is 5.82 Å². The standard InChI is InChI=1S/C11H19N3O2/c1-3-12-8(2)11-13-10(14-16-11)7-9-5-4-6-15-9/h8-9,12H,3-7H2,1-2H3. The average Bonchev–Trinajstić information content (AvgIpc) is 2.90. The molecule has 1 aromatic rings. The number of nitrogens with zero attached hydrogens (tertiary/aromatic N) is 2. The largest absolute Gasteiger partial charge is 0.378 e. The van der Waals surface area contributed by atoms with E-state index in [0.29, 0.717) is 5.89 Å². The molecule has 1 N–H and O–H groups in total. The molecule has 0 aromatic carbocycles. The summed E-state index contributed by atoms with van der Waals surface area (Å²) in [5, 5.41) is 7.22. The Morgan fingerprint density at radius 2 is 2.44 bits per heavy atom. The summed E-state index contributed by atoms with van der Waals surface area (Å²) in [5.74, 6) is 1.42. The summed E-state index contributed by atoms with van der Waals surface area (Å²) in [6, 6.07) is 0.121. The molecule has 2 atom stereocenters. The molecule has 0 bridgehead atoms. The van der Waals surface area contributed by atoms with E-state index in [9.17, 15) is 0 Å². The third kappa shape index (κ3) is 2.80. The number of aromatic nitrogens is 2. The van der Waals surface area contributed by atoms with Crippen molar-refractivity contribution in [2.75, 3.05) is 13.2 Å². The van der Waals surface area contributed by atoms with Crippen LogP contribution in [0, 0.1) is 0 Å². The van der Waals surface area contributed by atoms with Gasteiger partial charge in [-0.2, -0.15) is 4.98 Å². The third-order valence-electron chi connectivity index (χ3n) is 2.80. The number of hydrogen-bond donors (Lipinski definition) is 1. The van der Waals surface area contributed by atoms with Crippen molar-refractivity contribution in [2.45, 2.75) is 45.3 Å². The van der Waals surface area contributed by atoms with E-state index in [2.05, 4.69) is 22.4 Å². The molecular formula is C11H19N3O2. The summed E-state index contributed by atoms with van der Waals surface area (Å²) in [6.07, 6.45) is 3.29. The summed E-state index contributed by atoms with van der Waals surface area (Å²) in [7, 11) is 0. The van der Waals surface area contributed by atoms with Gasteiger partial charge in [0, 0.05) is 13.0 Å². The molecule has 5 heteroatoms. The fourth-order valence-electron chi connectivity index (χ4n) is 1.93. The normalized spacial score (nSPS) is 22.5. The molecule has 0 radical (unpaired) electrons. The summed E-state index contributed by atoms with van der Waals surface area (Å²) < 4.78 is 10.7. The maximum Gasteiger partial charge on any atom is 0.243 e. The molecule has 1 saturated heterocycles. The van der Waals surface area contributed by atoms with Crippen molar-refractivity contribution in [2.24, 2.45) is 0 Å². The van der Waals surface area contributed by atoms with E-state index in [1.54, 1.807) is 0 Å². The minimum absolute atomic E-state index is 0.121. The van der Waals surface area contributed by atoms with E-state index >= 15 is 0 Å². The maximum atomic E-state index is 5.54. The summed E-state index contributed by atoms with van der Waals surface area (Å²) in [4.78, 5) is 4.37. The summed E-state index contributed by atoms with van der Waals surface area (Å²) >= 11 is 0. The topological polar surface area (TPSA) is 60.2 Å². The molecule has 2 heterocycles. The molecule has 5 nitrogen and oxygen atoms in total. The van der Waals surface area contributed by atoms with Crippen molar-refractivity contribution >= 4 is 0 Å². The van der Waals surface area contributed by atoms with Gasteiger partial charge in [0.25, 0.3) is 0 Å². The number of nitrogens with one attached hydrogen (secondary N) is 1. The molecular weight excluding hydrogens is 206 g/mol. The summed E-state index contributed by atoms with van der Waals surface area (Å²) in [6.45, 7) is 5.83. The number of rotatable bonds is 5. The van der Waals surface area contributed by atoms with Crippen LogP contribution in [0.5, 0.6) is 0 Å². The highest BCUT2D eigenvalue weighted by molar-refractivity contribution is 4.93. The van der Waals surface area contributed by atoms with Crippen molar-refractivity contribution in [1.29, 1.82) is 0 Å². The molecule has 0 aliphatic carbocycles. The molecule has 0 saturated carbocycles. The van der Waals surface area contributed by atoms with Crippen LogP contribution < -0.4 is 5.32 Å². The van der Waals surface area contributed by atoms with E-state index in [1.807, 2.05) is 6.92 Å². The van der Waals surface area contributed by atoms with Gasteiger partial charge in [0.05, 0.1) is 12.1 Å². The van der Waals surface area contributed by atoms with Crippen LogP contribution in [0.3, 0.4) is 0 Å². The van der Waals surface area contributed by atoms with Gasteiger partial charge in [-0.25, -0.2) is 0 Å². The second-order valence-corrected chi connectivity index (χ2v) is 4.17. The van der Waals surface area contributed by atoms with E-state index in [-0.39, 0.29) is 12.1 Å². The molecule has 0 amide bonds. The first kappa shape index (κ1) is 11.5. The van der Waals surface area contributed by atoms with E-state index in [1.165, 1.54) is 0 Å². The van der Waals surface area contributed by atoms with E-state index < -0.39 is 0 Å². The lowest BCUT2D eigenvalue weighted by molar-refractivity contribution is 0.109. The van der Waals surface area contributed by atoms with E-state index in [4.69, 9.17) is 9.26 Å². The predicted octanol–water partition coefficient (Wildman–Crippen LogP) is 1.46. The van der Waals surface area contributed by atoms with Gasteiger partial charge < -0.3 is 14.6 Å². The Hall–Kier alpha value is -0.940. The Balaban J connectivity index is 1.90. The zero-order valence-electron chi connectivity index (χ0n) is 9.90. The maximum absolute atomic E-state index is 5.54. The lowest BCUT2D eigenvalue weighted by Crippen LogP contribution is -2.18. The minimum Gasteiger partial charge on any atom is -0.378 e. The number of ether oxygens (including phenoxy) is 1. The Labute approximate surface area is 95.6 Å². The van der Waals surface area contributed by atoms with Gasteiger partial charge in [-0.1, -0.05) is 12.1 Å². The van der Waals surface area contributed by atoms with Crippen LogP contribution in [0.2, 0.25) is 0 Å². The molecule has 1 fully saturated rings. The first-order chi connectivity index (χ1) is 7.79. The fourth-order valence-corrected chi connectivity index (χ4v) is 1.93. The zero-order valence-corrected chi connectivity index (χ0v) is 9.90. The second kappa shape index (κ2) is 5.41. The van der Waals surface area contributed by atoms with Crippen molar-refractivity contribution < 1.29 is 9.26 Å². The Morgan fingerprint density at radius 3 is 3.12 bits per heavy atom. The fraction of sp³-hybridized carbons (Fsp3) is 0.818. The summed E-state index contributed by atoms with van der Waals surface area (Å²) in [5.41, 5.74) is 0. The van der Waals surface area contributed by atoms with Gasteiger partial charge in [0.1, 0.15) is 0 Å². The molecule has 1 aliphatic heterocycles. The van der Waals surface area contributed by atoms with Crippen LogP contribution in [-0.4, -0.2) is 29.4 Å². The zero-order chi connectivity index (χ0) is 11.4. The Bertz CT molecular complexity index is 321. The quantitative estimate of drug-likeness (QED) is 0.822. The molecule has 2 unspecified atom stereocenters. The van der Waals surface area contributed by atoms with E-state index in [0.717, 1.165) is 38.2 Å². The van der Waals surface area contributed by atoms with Crippen LogP contribution >= 0.6 is 0 Å². The number of hydrogen-bond acceptors (Lipinski definition) is 5. The molecule has 1 aromatic heterocycles. The lowest BCUT2D eigenvalue weighted by Gasteiger charge is -2.06. The van der Waals surface area contributed by atoms with Crippen molar-refractivity contribution in [3.63, 3.8) is 0 Å². The van der Waals surface area contributed by atoms with Gasteiger partial charge in [-0.15, -0.1) is 0 Å². The Morgan fingerprint density at radius 1 is 1.56 bits per heavy atom. The van der Waals surface area contributed by atoms with Gasteiger partial charge in [0.2, 0.25) is 5.89 Å². The smallest absolute Gasteiger partial charge is 0.243 e. The molecule has 1 aliphatic rings. The minimum atomic E-state index is 0.121. The molecule has 2 rings (SSSR count). The van der Waals surface area contributed by atoms with Crippen molar-refractivity contribution in [3.8, 4) is 0 Å². The van der Waals surface area contributed by atoms with Gasteiger partial charge >= 0.3 is 0 Å². The Kier molecular flexibility index (Phi) is 3.90. The molecule has 0 spiro atoms. The first-order valence-electron chi connectivity index (χ1n) is 5.97. The SMILES string of the molecule is CCNC(C)c1nc(CC2CCCO2)no1. The lowest BCUT2D eigenvalue weighted by atomic mass is 10.2. The second-order valence-electron chi connectivity index (χ2n) is 4.17. The first-order valence-corrected chi connectivity index (χ1v) is 5.97. The van der Waals surface area contributed by atoms with Gasteiger partial charge in [-0.3, -0.25) is 0 Å². The van der Waals surface area contributed by atoms with Crippen molar-refractivity contribution in [3.05, 3.63) is 11.7 Å². The van der Waals surface area contributed by atoms with Crippen molar-refractivity contribution in [1.82, 2.24) is 15.5 Å². The highest BCUT2D eigenvalue weighted by Gasteiger charge is 2.20. The van der Waals surface area contributed by atoms with Crippen LogP contribution in [0.4, 0.5) is 0 Å². The van der Waals surface area contributed by atoms with Crippen LogP contribution in [-0.2, 0) is 11.2 Å². The monoisotopic (exact) mass is 225 g/mol. The molecule has 16 heavy (non-hydrogen) atoms. The van der Waals surface area contributed by atoms with Gasteiger partial charge in [-0.05, 0) is 26.3 Å². The van der Waals surface area contributed by atoms with Crippen LogP contribution in [0.25, 0.3) is 0 Å².